The number of anilines is 1. The topological polar surface area (TPSA) is 51.2 Å². The molecule has 1 fully saturated rings. The molecule has 4 heteroatoms. The zero-order valence-electron chi connectivity index (χ0n) is 13.2. The van der Waals surface area contributed by atoms with Gasteiger partial charge >= 0.3 is 5.97 Å². The Balaban J connectivity index is 1.52. The Bertz CT molecular complexity index is 620. The predicted octanol–water partition coefficient (Wildman–Crippen LogP) is 4.18. The Morgan fingerprint density at radius 2 is 1.87 bits per heavy atom. The molecule has 0 spiro atoms. The molecule has 0 bridgehead atoms. The zero-order chi connectivity index (χ0) is 15.9. The van der Waals surface area contributed by atoms with Crippen molar-refractivity contribution in [3.8, 4) is 0 Å². The first-order chi connectivity index (χ1) is 11.3. The Morgan fingerprint density at radius 3 is 2.57 bits per heavy atom. The van der Waals surface area contributed by atoms with Crippen LogP contribution in [0, 0.1) is 0 Å². The van der Waals surface area contributed by atoms with Crippen LogP contribution in [0.15, 0.2) is 48.7 Å². The van der Waals surface area contributed by atoms with Crippen molar-refractivity contribution in [3.05, 3.63) is 59.9 Å². The summed E-state index contributed by atoms with van der Waals surface area (Å²) in [6.07, 6.45) is 8.04. The molecule has 1 aromatic heterocycles. The van der Waals surface area contributed by atoms with Crippen molar-refractivity contribution >= 4 is 11.7 Å². The SMILES string of the molecule is O=C(OCc1ccccc1)c1ccc(NC2CCCCC2)cn1. The molecular formula is C19H22N2O2. The lowest BCUT2D eigenvalue weighted by Crippen LogP contribution is -2.22. The maximum Gasteiger partial charge on any atom is 0.357 e. The fourth-order valence-corrected chi connectivity index (χ4v) is 2.88. The van der Waals surface area contributed by atoms with E-state index in [1.165, 1.54) is 32.1 Å². The second-order valence-corrected chi connectivity index (χ2v) is 5.97. The van der Waals surface area contributed by atoms with Gasteiger partial charge in [-0.25, -0.2) is 9.78 Å². The fraction of sp³-hybridized carbons (Fsp3) is 0.368. The van der Waals surface area contributed by atoms with Gasteiger partial charge in [-0.3, -0.25) is 0 Å². The quantitative estimate of drug-likeness (QED) is 0.842. The summed E-state index contributed by atoms with van der Waals surface area (Å²) in [4.78, 5) is 16.2. The predicted molar refractivity (Wildman–Crippen MR) is 90.3 cm³/mol. The lowest BCUT2D eigenvalue weighted by molar-refractivity contribution is 0.0466. The van der Waals surface area contributed by atoms with Gasteiger partial charge in [-0.05, 0) is 30.5 Å². The highest BCUT2D eigenvalue weighted by Gasteiger charge is 2.14. The summed E-state index contributed by atoms with van der Waals surface area (Å²) in [6, 6.07) is 13.8. The number of rotatable bonds is 5. The Labute approximate surface area is 136 Å². The third-order valence-electron chi connectivity index (χ3n) is 4.16. The number of hydrogen-bond acceptors (Lipinski definition) is 4. The molecule has 23 heavy (non-hydrogen) atoms. The monoisotopic (exact) mass is 310 g/mol. The van der Waals surface area contributed by atoms with Gasteiger partial charge in [0.05, 0.1) is 11.9 Å². The molecular weight excluding hydrogens is 288 g/mol. The molecule has 1 aromatic carbocycles. The third kappa shape index (κ3) is 4.55. The largest absolute Gasteiger partial charge is 0.456 e. The lowest BCUT2D eigenvalue weighted by Gasteiger charge is -2.23. The van der Waals surface area contributed by atoms with Crippen LogP contribution in [0.25, 0.3) is 0 Å². The van der Waals surface area contributed by atoms with E-state index < -0.39 is 5.97 Å². The summed E-state index contributed by atoms with van der Waals surface area (Å²) >= 11 is 0. The van der Waals surface area contributed by atoms with Gasteiger partial charge in [0.15, 0.2) is 0 Å². The fourth-order valence-electron chi connectivity index (χ4n) is 2.88. The standard InChI is InChI=1S/C19H22N2O2/c22-19(23-14-15-7-3-1-4-8-15)18-12-11-17(13-20-18)21-16-9-5-2-6-10-16/h1,3-4,7-8,11-13,16,21H,2,5-6,9-10,14H2. The van der Waals surface area contributed by atoms with E-state index in [4.69, 9.17) is 4.74 Å². The van der Waals surface area contributed by atoms with Crippen LogP contribution >= 0.6 is 0 Å². The molecule has 1 heterocycles. The maximum atomic E-state index is 12.0. The van der Waals surface area contributed by atoms with E-state index in [1.807, 2.05) is 36.4 Å². The van der Waals surface area contributed by atoms with Crippen molar-refractivity contribution < 1.29 is 9.53 Å². The molecule has 1 saturated carbocycles. The van der Waals surface area contributed by atoms with Crippen LogP contribution in [0.5, 0.6) is 0 Å². The summed E-state index contributed by atoms with van der Waals surface area (Å²) < 4.78 is 5.28. The molecule has 1 N–H and O–H groups in total. The van der Waals surface area contributed by atoms with Crippen molar-refractivity contribution in [1.82, 2.24) is 4.98 Å². The average molecular weight is 310 g/mol. The van der Waals surface area contributed by atoms with Crippen molar-refractivity contribution in [3.63, 3.8) is 0 Å². The average Bonchev–Trinajstić information content (AvgIpc) is 2.62. The second-order valence-electron chi connectivity index (χ2n) is 5.97. The Kier molecular flexibility index (Phi) is 5.25. The van der Waals surface area contributed by atoms with Gasteiger partial charge in [0.25, 0.3) is 0 Å². The number of ether oxygens (including phenoxy) is 1. The van der Waals surface area contributed by atoms with Crippen LogP contribution in [-0.2, 0) is 11.3 Å². The van der Waals surface area contributed by atoms with Crippen LogP contribution < -0.4 is 5.32 Å². The molecule has 2 aromatic rings. The van der Waals surface area contributed by atoms with Crippen molar-refractivity contribution in [2.24, 2.45) is 0 Å². The molecule has 0 unspecified atom stereocenters. The highest BCUT2D eigenvalue weighted by atomic mass is 16.5. The van der Waals surface area contributed by atoms with Crippen LogP contribution in [0.1, 0.15) is 48.2 Å². The van der Waals surface area contributed by atoms with Crippen LogP contribution in [0.2, 0.25) is 0 Å². The number of carbonyl (C=O) groups excluding carboxylic acids is 1. The van der Waals surface area contributed by atoms with E-state index in [9.17, 15) is 4.79 Å². The molecule has 0 amide bonds. The molecule has 120 valence electrons. The number of benzene rings is 1. The number of pyridine rings is 1. The van der Waals surface area contributed by atoms with Crippen LogP contribution in [0.3, 0.4) is 0 Å². The van der Waals surface area contributed by atoms with Gasteiger partial charge < -0.3 is 10.1 Å². The van der Waals surface area contributed by atoms with E-state index in [2.05, 4.69) is 10.3 Å². The van der Waals surface area contributed by atoms with Gasteiger partial charge in [-0.2, -0.15) is 0 Å². The number of carbonyl (C=O) groups is 1. The summed E-state index contributed by atoms with van der Waals surface area (Å²) in [7, 11) is 0. The molecule has 0 atom stereocenters. The van der Waals surface area contributed by atoms with Gasteiger partial charge in [-0.1, -0.05) is 49.6 Å². The molecule has 4 nitrogen and oxygen atoms in total. The summed E-state index contributed by atoms with van der Waals surface area (Å²) in [6.45, 7) is 0.267. The number of nitrogens with one attached hydrogen (secondary N) is 1. The zero-order valence-corrected chi connectivity index (χ0v) is 13.2. The van der Waals surface area contributed by atoms with E-state index in [-0.39, 0.29) is 6.61 Å². The van der Waals surface area contributed by atoms with Gasteiger partial charge in [-0.15, -0.1) is 0 Å². The third-order valence-corrected chi connectivity index (χ3v) is 4.16. The van der Waals surface area contributed by atoms with Crippen molar-refractivity contribution in [2.45, 2.75) is 44.8 Å². The van der Waals surface area contributed by atoms with Gasteiger partial charge in [0, 0.05) is 6.04 Å². The summed E-state index contributed by atoms with van der Waals surface area (Å²) in [5.74, 6) is -0.391. The minimum Gasteiger partial charge on any atom is -0.456 e. The van der Waals surface area contributed by atoms with Crippen LogP contribution in [-0.4, -0.2) is 17.0 Å². The van der Waals surface area contributed by atoms with E-state index in [0.717, 1.165) is 11.3 Å². The molecule has 1 aliphatic rings. The number of aromatic nitrogens is 1. The molecule has 0 radical (unpaired) electrons. The molecule has 0 saturated heterocycles. The maximum absolute atomic E-state index is 12.0. The number of nitrogens with zero attached hydrogens (tertiary/aromatic N) is 1. The first kappa shape index (κ1) is 15.5. The smallest absolute Gasteiger partial charge is 0.357 e. The second kappa shape index (κ2) is 7.77. The first-order valence-electron chi connectivity index (χ1n) is 8.25. The van der Waals surface area contributed by atoms with Crippen LogP contribution in [0.4, 0.5) is 5.69 Å². The minimum absolute atomic E-state index is 0.267. The lowest BCUT2D eigenvalue weighted by atomic mass is 9.95. The highest BCUT2D eigenvalue weighted by Crippen LogP contribution is 2.21. The van der Waals surface area contributed by atoms with E-state index in [1.54, 1.807) is 12.3 Å². The number of hydrogen-bond donors (Lipinski definition) is 1. The normalized spacial score (nSPS) is 15.1. The summed E-state index contributed by atoms with van der Waals surface area (Å²) in [5, 5.41) is 3.49. The molecule has 1 aliphatic carbocycles. The van der Waals surface area contributed by atoms with Crippen molar-refractivity contribution in [1.29, 1.82) is 0 Å². The number of esters is 1. The Hall–Kier alpha value is -2.36. The van der Waals surface area contributed by atoms with Gasteiger partial charge in [0.1, 0.15) is 12.3 Å². The first-order valence-corrected chi connectivity index (χ1v) is 8.25. The highest BCUT2D eigenvalue weighted by molar-refractivity contribution is 5.87. The van der Waals surface area contributed by atoms with E-state index >= 15 is 0 Å². The van der Waals surface area contributed by atoms with E-state index in [0.29, 0.717) is 11.7 Å². The molecule has 3 rings (SSSR count). The van der Waals surface area contributed by atoms with Crippen molar-refractivity contribution in [2.75, 3.05) is 5.32 Å². The van der Waals surface area contributed by atoms with Gasteiger partial charge in [0.2, 0.25) is 0 Å². The molecule has 0 aliphatic heterocycles. The minimum atomic E-state index is -0.391. The summed E-state index contributed by atoms with van der Waals surface area (Å²) in [5.41, 5.74) is 2.28. The Morgan fingerprint density at radius 1 is 1.09 bits per heavy atom.